The number of aryl methyl sites for hydroxylation is 1. The standard InChI is InChI=1S/C16H23NO2S/c1-12-10-13(17)2-3-15(12)20-14-4-7-19-16(11-14)5-8-18-9-6-16/h2-3,10,14H,4-9,11,17H2,1H3. The van der Waals surface area contributed by atoms with Gasteiger partial charge in [0.25, 0.3) is 0 Å². The first kappa shape index (κ1) is 14.2. The molecule has 20 heavy (non-hydrogen) atoms. The zero-order valence-corrected chi connectivity index (χ0v) is 12.9. The lowest BCUT2D eigenvalue weighted by atomic mass is 9.86. The lowest BCUT2D eigenvalue weighted by molar-refractivity contribution is -0.131. The molecule has 0 saturated carbocycles. The quantitative estimate of drug-likeness (QED) is 0.849. The Kier molecular flexibility index (Phi) is 4.24. The molecule has 2 saturated heterocycles. The van der Waals surface area contributed by atoms with Crippen molar-refractivity contribution in [2.75, 3.05) is 25.6 Å². The molecule has 1 atom stereocenters. The van der Waals surface area contributed by atoms with Gasteiger partial charge in [-0.25, -0.2) is 0 Å². The van der Waals surface area contributed by atoms with Crippen molar-refractivity contribution in [1.29, 1.82) is 0 Å². The van der Waals surface area contributed by atoms with Gasteiger partial charge in [0.2, 0.25) is 0 Å². The summed E-state index contributed by atoms with van der Waals surface area (Å²) in [5, 5.41) is 0.643. The van der Waals surface area contributed by atoms with Crippen molar-refractivity contribution in [3.63, 3.8) is 0 Å². The molecule has 110 valence electrons. The molecule has 1 aromatic carbocycles. The van der Waals surface area contributed by atoms with Crippen LogP contribution in [-0.2, 0) is 9.47 Å². The van der Waals surface area contributed by atoms with E-state index in [1.807, 2.05) is 17.8 Å². The monoisotopic (exact) mass is 293 g/mol. The van der Waals surface area contributed by atoms with E-state index in [0.717, 1.165) is 51.2 Å². The fourth-order valence-corrected chi connectivity index (χ4v) is 4.51. The van der Waals surface area contributed by atoms with Crippen molar-refractivity contribution < 1.29 is 9.47 Å². The molecule has 2 N–H and O–H groups in total. The minimum atomic E-state index is 0.0792. The maximum Gasteiger partial charge on any atom is 0.0737 e. The second kappa shape index (κ2) is 5.96. The van der Waals surface area contributed by atoms with Crippen LogP contribution in [0, 0.1) is 6.92 Å². The lowest BCUT2D eigenvalue weighted by Crippen LogP contribution is -2.45. The van der Waals surface area contributed by atoms with Crippen LogP contribution in [0.15, 0.2) is 23.1 Å². The van der Waals surface area contributed by atoms with Crippen LogP contribution in [0.3, 0.4) is 0 Å². The fourth-order valence-electron chi connectivity index (χ4n) is 3.16. The van der Waals surface area contributed by atoms with Gasteiger partial charge in [0, 0.05) is 35.7 Å². The van der Waals surface area contributed by atoms with E-state index in [4.69, 9.17) is 15.2 Å². The molecule has 2 fully saturated rings. The first-order valence-corrected chi connectivity index (χ1v) is 8.29. The second-order valence-electron chi connectivity index (χ2n) is 5.90. The van der Waals surface area contributed by atoms with Crippen LogP contribution >= 0.6 is 11.8 Å². The minimum absolute atomic E-state index is 0.0792. The van der Waals surface area contributed by atoms with Crippen LogP contribution in [0.25, 0.3) is 0 Å². The van der Waals surface area contributed by atoms with Crippen LogP contribution in [0.2, 0.25) is 0 Å². The number of hydrogen-bond acceptors (Lipinski definition) is 4. The molecule has 0 aliphatic carbocycles. The van der Waals surface area contributed by atoms with E-state index >= 15 is 0 Å². The van der Waals surface area contributed by atoms with E-state index in [9.17, 15) is 0 Å². The third-order valence-electron chi connectivity index (χ3n) is 4.34. The largest absolute Gasteiger partial charge is 0.399 e. The highest BCUT2D eigenvalue weighted by Gasteiger charge is 2.39. The Hall–Kier alpha value is -0.710. The van der Waals surface area contributed by atoms with Crippen molar-refractivity contribution in [2.45, 2.75) is 48.4 Å². The summed E-state index contributed by atoms with van der Waals surface area (Å²) in [6.07, 6.45) is 4.37. The van der Waals surface area contributed by atoms with Gasteiger partial charge in [0.15, 0.2) is 0 Å². The van der Waals surface area contributed by atoms with E-state index in [-0.39, 0.29) is 5.60 Å². The normalized spacial score (nSPS) is 25.8. The molecule has 1 aromatic rings. The van der Waals surface area contributed by atoms with Crippen molar-refractivity contribution in [3.8, 4) is 0 Å². The molecule has 0 bridgehead atoms. The molecule has 2 aliphatic rings. The molecule has 0 amide bonds. The lowest BCUT2D eigenvalue weighted by Gasteiger charge is -2.43. The average molecular weight is 293 g/mol. The van der Waals surface area contributed by atoms with Gasteiger partial charge in [0.1, 0.15) is 0 Å². The van der Waals surface area contributed by atoms with E-state index in [0.29, 0.717) is 5.25 Å². The molecule has 3 rings (SSSR count). The number of nitrogens with two attached hydrogens (primary N) is 1. The molecule has 1 spiro atoms. The molecule has 0 radical (unpaired) electrons. The van der Waals surface area contributed by atoms with E-state index in [1.54, 1.807) is 0 Å². The van der Waals surface area contributed by atoms with Crippen LogP contribution in [0.1, 0.15) is 31.2 Å². The Bertz CT molecular complexity index is 466. The maximum absolute atomic E-state index is 6.11. The van der Waals surface area contributed by atoms with Crippen molar-refractivity contribution in [3.05, 3.63) is 23.8 Å². The van der Waals surface area contributed by atoms with Crippen LogP contribution in [0.4, 0.5) is 5.69 Å². The first-order chi connectivity index (χ1) is 9.67. The number of benzene rings is 1. The molecular formula is C16H23NO2S. The van der Waals surface area contributed by atoms with Crippen molar-refractivity contribution in [2.24, 2.45) is 0 Å². The van der Waals surface area contributed by atoms with Gasteiger partial charge >= 0.3 is 0 Å². The van der Waals surface area contributed by atoms with E-state index < -0.39 is 0 Å². The number of nitrogen functional groups attached to an aromatic ring is 1. The van der Waals surface area contributed by atoms with Gasteiger partial charge in [-0.05, 0) is 56.4 Å². The number of thioether (sulfide) groups is 1. The summed E-state index contributed by atoms with van der Waals surface area (Å²) >= 11 is 1.99. The predicted molar refractivity (Wildman–Crippen MR) is 83.2 cm³/mol. The van der Waals surface area contributed by atoms with Crippen LogP contribution in [-0.4, -0.2) is 30.7 Å². The Labute approximate surface area is 125 Å². The summed E-state index contributed by atoms with van der Waals surface area (Å²) in [4.78, 5) is 1.35. The summed E-state index contributed by atoms with van der Waals surface area (Å²) in [6.45, 7) is 4.71. The van der Waals surface area contributed by atoms with Gasteiger partial charge in [-0.1, -0.05) is 0 Å². The number of ether oxygens (including phenoxy) is 2. The highest BCUT2D eigenvalue weighted by molar-refractivity contribution is 8.00. The Morgan fingerprint density at radius 2 is 2.05 bits per heavy atom. The topological polar surface area (TPSA) is 44.5 Å². The third kappa shape index (κ3) is 3.13. The first-order valence-electron chi connectivity index (χ1n) is 7.41. The van der Waals surface area contributed by atoms with Crippen LogP contribution < -0.4 is 5.73 Å². The SMILES string of the molecule is Cc1cc(N)ccc1SC1CCOC2(CCOCC2)C1. The van der Waals surface area contributed by atoms with Gasteiger partial charge in [-0.2, -0.15) is 0 Å². The zero-order chi connectivity index (χ0) is 14.0. The maximum atomic E-state index is 6.11. The summed E-state index contributed by atoms with van der Waals surface area (Å²) < 4.78 is 11.6. The number of hydrogen-bond donors (Lipinski definition) is 1. The minimum Gasteiger partial charge on any atom is -0.399 e. The molecule has 1 unspecified atom stereocenters. The molecule has 2 heterocycles. The Morgan fingerprint density at radius 3 is 2.80 bits per heavy atom. The highest BCUT2D eigenvalue weighted by atomic mass is 32.2. The smallest absolute Gasteiger partial charge is 0.0737 e. The van der Waals surface area contributed by atoms with E-state index in [1.165, 1.54) is 10.5 Å². The molecule has 2 aliphatic heterocycles. The summed E-state index contributed by atoms with van der Waals surface area (Å²) in [6, 6.07) is 6.21. The Morgan fingerprint density at radius 1 is 1.25 bits per heavy atom. The molecule has 4 heteroatoms. The predicted octanol–water partition coefficient (Wildman–Crippen LogP) is 3.40. The van der Waals surface area contributed by atoms with Gasteiger partial charge in [-0.3, -0.25) is 0 Å². The summed E-state index contributed by atoms with van der Waals surface area (Å²) in [5.41, 5.74) is 8.04. The Balaban J connectivity index is 1.68. The zero-order valence-electron chi connectivity index (χ0n) is 12.1. The fraction of sp³-hybridized carbons (Fsp3) is 0.625. The molecule has 3 nitrogen and oxygen atoms in total. The molecular weight excluding hydrogens is 270 g/mol. The number of rotatable bonds is 2. The van der Waals surface area contributed by atoms with Crippen molar-refractivity contribution in [1.82, 2.24) is 0 Å². The van der Waals surface area contributed by atoms with Crippen molar-refractivity contribution >= 4 is 17.4 Å². The van der Waals surface area contributed by atoms with Crippen LogP contribution in [0.5, 0.6) is 0 Å². The summed E-state index contributed by atoms with van der Waals surface area (Å²) in [7, 11) is 0. The summed E-state index contributed by atoms with van der Waals surface area (Å²) in [5.74, 6) is 0. The van der Waals surface area contributed by atoms with Gasteiger partial charge in [0.05, 0.1) is 5.60 Å². The van der Waals surface area contributed by atoms with E-state index in [2.05, 4.69) is 19.1 Å². The highest BCUT2D eigenvalue weighted by Crippen LogP contribution is 2.41. The average Bonchev–Trinajstić information content (AvgIpc) is 2.43. The third-order valence-corrected chi connectivity index (χ3v) is 5.79. The number of anilines is 1. The van der Waals surface area contributed by atoms with Gasteiger partial charge < -0.3 is 15.2 Å². The van der Waals surface area contributed by atoms with Gasteiger partial charge in [-0.15, -0.1) is 11.8 Å². The molecule has 0 aromatic heterocycles. The second-order valence-corrected chi connectivity index (χ2v) is 7.24.